The lowest BCUT2D eigenvalue weighted by Crippen LogP contribution is -2.33. The van der Waals surface area contributed by atoms with Gasteiger partial charge < -0.3 is 10.1 Å². The standard InChI is InChI=1S/C22H24N2O4/c1-22(2,3)28-21(27)23-13-7-9-15-8-6-10-16(14-15)24-19(25)17-11-4-5-12-18(17)20(24)26/h4-6,8,10-12,14H,7,9,13H2,1-3H3,(H,23,27). The van der Waals surface area contributed by atoms with Crippen molar-refractivity contribution in [2.75, 3.05) is 11.4 Å². The van der Waals surface area contributed by atoms with Gasteiger partial charge >= 0.3 is 6.09 Å². The van der Waals surface area contributed by atoms with E-state index in [0.29, 0.717) is 36.2 Å². The maximum atomic E-state index is 12.6. The summed E-state index contributed by atoms with van der Waals surface area (Å²) in [6.07, 6.45) is 0.977. The van der Waals surface area contributed by atoms with E-state index in [1.54, 1.807) is 30.3 Å². The number of ether oxygens (including phenoxy) is 1. The molecule has 2 aromatic carbocycles. The van der Waals surface area contributed by atoms with Gasteiger partial charge in [-0.15, -0.1) is 0 Å². The van der Waals surface area contributed by atoms with Crippen molar-refractivity contribution in [2.45, 2.75) is 39.2 Å². The van der Waals surface area contributed by atoms with Gasteiger partial charge in [0.05, 0.1) is 16.8 Å². The summed E-state index contributed by atoms with van der Waals surface area (Å²) in [4.78, 5) is 38.1. The van der Waals surface area contributed by atoms with Crippen molar-refractivity contribution in [3.05, 3.63) is 65.2 Å². The van der Waals surface area contributed by atoms with Gasteiger partial charge in [0.15, 0.2) is 0 Å². The van der Waals surface area contributed by atoms with Crippen molar-refractivity contribution in [1.29, 1.82) is 0 Å². The molecule has 0 spiro atoms. The normalized spacial score (nSPS) is 13.5. The first-order valence-corrected chi connectivity index (χ1v) is 9.30. The fourth-order valence-corrected chi connectivity index (χ4v) is 3.07. The van der Waals surface area contributed by atoms with Crippen LogP contribution in [0.2, 0.25) is 0 Å². The van der Waals surface area contributed by atoms with Crippen LogP contribution in [0.25, 0.3) is 0 Å². The van der Waals surface area contributed by atoms with Gasteiger partial charge in [-0.1, -0.05) is 24.3 Å². The Morgan fingerprint density at radius 3 is 2.25 bits per heavy atom. The van der Waals surface area contributed by atoms with Crippen LogP contribution < -0.4 is 10.2 Å². The van der Waals surface area contributed by atoms with Crippen molar-refractivity contribution in [3.8, 4) is 0 Å². The number of aryl methyl sites for hydroxylation is 1. The summed E-state index contributed by atoms with van der Waals surface area (Å²) in [5, 5.41) is 2.73. The minimum atomic E-state index is -0.523. The molecule has 0 aromatic heterocycles. The summed E-state index contributed by atoms with van der Waals surface area (Å²) >= 11 is 0. The first kappa shape index (κ1) is 19.6. The first-order valence-electron chi connectivity index (χ1n) is 9.30. The Labute approximate surface area is 164 Å². The molecule has 0 saturated carbocycles. The number of nitrogens with one attached hydrogen (secondary N) is 1. The zero-order valence-corrected chi connectivity index (χ0v) is 16.3. The van der Waals surface area contributed by atoms with Crippen LogP contribution in [0, 0.1) is 0 Å². The highest BCUT2D eigenvalue weighted by atomic mass is 16.6. The molecule has 3 amide bonds. The monoisotopic (exact) mass is 380 g/mol. The maximum Gasteiger partial charge on any atom is 0.407 e. The molecule has 6 nitrogen and oxygen atoms in total. The molecular formula is C22H24N2O4. The van der Waals surface area contributed by atoms with Crippen LogP contribution in [0.3, 0.4) is 0 Å². The fourth-order valence-electron chi connectivity index (χ4n) is 3.07. The summed E-state index contributed by atoms with van der Waals surface area (Å²) < 4.78 is 5.20. The van der Waals surface area contributed by atoms with Crippen molar-refractivity contribution >= 4 is 23.6 Å². The van der Waals surface area contributed by atoms with Gasteiger partial charge in [0.25, 0.3) is 11.8 Å². The number of fused-ring (bicyclic) bond motifs is 1. The molecule has 6 heteroatoms. The summed E-state index contributed by atoms with van der Waals surface area (Å²) in [6.45, 7) is 5.93. The van der Waals surface area contributed by atoms with Crippen molar-refractivity contribution in [1.82, 2.24) is 5.32 Å². The van der Waals surface area contributed by atoms with Crippen molar-refractivity contribution in [2.24, 2.45) is 0 Å². The van der Waals surface area contributed by atoms with E-state index in [1.807, 2.05) is 39.0 Å². The van der Waals surface area contributed by atoms with Crippen molar-refractivity contribution in [3.63, 3.8) is 0 Å². The fraction of sp³-hybridized carbons (Fsp3) is 0.318. The SMILES string of the molecule is CC(C)(C)OC(=O)NCCCc1cccc(N2C(=O)c3ccccc3C2=O)c1. The zero-order chi connectivity index (χ0) is 20.3. The smallest absolute Gasteiger partial charge is 0.407 e. The van der Waals surface area contributed by atoms with E-state index >= 15 is 0 Å². The van der Waals surface area contributed by atoms with E-state index in [-0.39, 0.29) is 11.8 Å². The largest absolute Gasteiger partial charge is 0.444 e. The van der Waals surface area contributed by atoms with Crippen LogP contribution >= 0.6 is 0 Å². The predicted molar refractivity (Wildman–Crippen MR) is 107 cm³/mol. The Balaban J connectivity index is 1.60. The summed E-state index contributed by atoms with van der Waals surface area (Å²) in [5.74, 6) is -0.603. The molecule has 0 saturated heterocycles. The second kappa shape index (κ2) is 7.84. The van der Waals surface area contributed by atoms with Crippen LogP contribution in [0.1, 0.15) is 53.5 Å². The molecule has 1 heterocycles. The zero-order valence-electron chi connectivity index (χ0n) is 16.3. The molecule has 0 unspecified atom stereocenters. The van der Waals surface area contributed by atoms with Gasteiger partial charge in [-0.3, -0.25) is 9.59 Å². The van der Waals surface area contributed by atoms with Gasteiger partial charge in [0.2, 0.25) is 0 Å². The number of anilines is 1. The van der Waals surface area contributed by atoms with E-state index in [2.05, 4.69) is 5.32 Å². The Bertz CT molecular complexity index is 880. The van der Waals surface area contributed by atoms with Crippen LogP contribution in [-0.4, -0.2) is 30.1 Å². The lowest BCUT2D eigenvalue weighted by molar-refractivity contribution is 0.0527. The number of carbonyl (C=O) groups is 3. The molecule has 1 N–H and O–H groups in total. The van der Waals surface area contributed by atoms with Gasteiger partial charge in [-0.05, 0) is 63.4 Å². The molecule has 1 aliphatic rings. The number of alkyl carbamates (subject to hydrolysis) is 1. The minimum absolute atomic E-state index is 0.302. The van der Waals surface area contributed by atoms with Crippen LogP contribution in [0.4, 0.5) is 10.5 Å². The number of imide groups is 1. The first-order chi connectivity index (χ1) is 13.3. The molecule has 0 bridgehead atoms. The number of benzene rings is 2. The number of amides is 3. The number of hydrogen-bond acceptors (Lipinski definition) is 4. The molecule has 2 aromatic rings. The van der Waals surface area contributed by atoms with Gasteiger partial charge in [0, 0.05) is 6.54 Å². The molecule has 28 heavy (non-hydrogen) atoms. The van der Waals surface area contributed by atoms with Crippen molar-refractivity contribution < 1.29 is 19.1 Å². The molecule has 1 aliphatic heterocycles. The summed E-state index contributed by atoms with van der Waals surface area (Å²) in [6, 6.07) is 14.2. The third-order valence-corrected chi connectivity index (χ3v) is 4.27. The Hall–Kier alpha value is -3.15. The molecular weight excluding hydrogens is 356 g/mol. The number of carbonyl (C=O) groups excluding carboxylic acids is 3. The van der Waals surface area contributed by atoms with E-state index in [9.17, 15) is 14.4 Å². The number of nitrogens with zero attached hydrogens (tertiary/aromatic N) is 1. The molecule has 0 aliphatic carbocycles. The van der Waals surface area contributed by atoms with Gasteiger partial charge in [0.1, 0.15) is 5.60 Å². The van der Waals surface area contributed by atoms with E-state index in [1.165, 1.54) is 4.90 Å². The second-order valence-corrected chi connectivity index (χ2v) is 7.69. The van der Waals surface area contributed by atoms with Crippen LogP contribution in [-0.2, 0) is 11.2 Å². The van der Waals surface area contributed by atoms with E-state index < -0.39 is 11.7 Å². The number of hydrogen-bond donors (Lipinski definition) is 1. The average Bonchev–Trinajstić information content (AvgIpc) is 2.89. The molecule has 0 radical (unpaired) electrons. The van der Waals surface area contributed by atoms with E-state index in [0.717, 1.165) is 5.56 Å². The molecule has 3 rings (SSSR count). The Morgan fingerprint density at radius 1 is 1.00 bits per heavy atom. The van der Waals surface area contributed by atoms with Crippen LogP contribution in [0.15, 0.2) is 48.5 Å². The average molecular weight is 380 g/mol. The van der Waals surface area contributed by atoms with E-state index in [4.69, 9.17) is 4.74 Å². The molecule has 0 fully saturated rings. The highest BCUT2D eigenvalue weighted by molar-refractivity contribution is 6.34. The third-order valence-electron chi connectivity index (χ3n) is 4.27. The van der Waals surface area contributed by atoms with Crippen LogP contribution in [0.5, 0.6) is 0 Å². The van der Waals surface area contributed by atoms with Gasteiger partial charge in [-0.25, -0.2) is 9.69 Å². The molecule has 0 atom stereocenters. The van der Waals surface area contributed by atoms with Gasteiger partial charge in [-0.2, -0.15) is 0 Å². The highest BCUT2D eigenvalue weighted by Gasteiger charge is 2.36. The topological polar surface area (TPSA) is 75.7 Å². The lowest BCUT2D eigenvalue weighted by atomic mass is 10.1. The number of rotatable bonds is 5. The quantitative estimate of drug-likeness (QED) is 0.630. The third kappa shape index (κ3) is 4.39. The summed E-state index contributed by atoms with van der Waals surface area (Å²) in [5.41, 5.74) is 1.88. The Morgan fingerprint density at radius 2 is 1.64 bits per heavy atom. The second-order valence-electron chi connectivity index (χ2n) is 7.69. The highest BCUT2D eigenvalue weighted by Crippen LogP contribution is 2.28. The Kier molecular flexibility index (Phi) is 5.49. The summed E-state index contributed by atoms with van der Waals surface area (Å²) in [7, 11) is 0. The maximum absolute atomic E-state index is 12.6. The minimum Gasteiger partial charge on any atom is -0.444 e. The predicted octanol–water partition coefficient (Wildman–Crippen LogP) is 3.94. The lowest BCUT2D eigenvalue weighted by Gasteiger charge is -2.19. The molecule has 146 valence electrons.